The molecule has 1 saturated carbocycles. The lowest BCUT2D eigenvalue weighted by molar-refractivity contribution is -0.192. The number of carboxylic acid groups (broad SMARTS) is 1. The number of hydrogen-bond acceptors (Lipinski definition) is 12. The highest BCUT2D eigenvalue weighted by atomic mass is 32.2. The molecule has 7 rings (SSSR count). The number of aliphatic hydroxyl groups excluding tert-OH is 2. The number of nitrogens with one attached hydrogen (secondary N) is 3. The van der Waals surface area contributed by atoms with E-state index in [1.165, 1.54) is 16.4 Å². The number of rotatable bonds is 17. The summed E-state index contributed by atoms with van der Waals surface area (Å²) >= 11 is 0. The van der Waals surface area contributed by atoms with Crippen molar-refractivity contribution in [1.29, 1.82) is 0 Å². The fourth-order valence-electron chi connectivity index (χ4n) is 8.25. The first-order valence-corrected chi connectivity index (χ1v) is 23.6. The van der Waals surface area contributed by atoms with Gasteiger partial charge in [0.1, 0.15) is 12.2 Å². The van der Waals surface area contributed by atoms with Gasteiger partial charge in [-0.2, -0.15) is 27.4 Å². The molecule has 67 heavy (non-hydrogen) atoms. The van der Waals surface area contributed by atoms with Crippen LogP contribution >= 0.6 is 0 Å². The Labute approximate surface area is 386 Å². The van der Waals surface area contributed by atoms with Crippen LogP contribution in [0.15, 0.2) is 96.2 Å². The zero-order valence-corrected chi connectivity index (χ0v) is 38.1. The Hall–Kier alpha value is -6.16. The molecular formula is C46H56F3N9O8S. The number of halogens is 3. The number of carbonyl (C=O) groups excluding carboxylic acids is 2. The summed E-state index contributed by atoms with van der Waals surface area (Å²) in [5.41, 5.74) is 3.55. The van der Waals surface area contributed by atoms with Gasteiger partial charge in [-0.1, -0.05) is 81.4 Å². The van der Waals surface area contributed by atoms with E-state index >= 15 is 0 Å². The first-order valence-electron chi connectivity index (χ1n) is 22.2. The number of sulfonamides is 1. The van der Waals surface area contributed by atoms with Crippen molar-refractivity contribution in [3.63, 3.8) is 0 Å². The highest BCUT2D eigenvalue weighted by Crippen LogP contribution is 2.36. The van der Waals surface area contributed by atoms with E-state index in [4.69, 9.17) is 24.9 Å². The van der Waals surface area contributed by atoms with Crippen molar-refractivity contribution in [1.82, 2.24) is 34.5 Å². The predicted molar refractivity (Wildman–Crippen MR) is 244 cm³/mol. The number of hydrogen-bond donors (Lipinski definition) is 6. The van der Waals surface area contributed by atoms with Crippen LogP contribution in [0.2, 0.25) is 0 Å². The maximum absolute atomic E-state index is 13.5. The zero-order chi connectivity index (χ0) is 48.5. The molecule has 2 fully saturated rings. The average Bonchev–Trinajstić information content (AvgIpc) is 4.04. The Morgan fingerprint density at radius 1 is 0.866 bits per heavy atom. The molecule has 360 valence electrons. The second kappa shape index (κ2) is 22.1. The van der Waals surface area contributed by atoms with E-state index in [2.05, 4.69) is 40.2 Å². The number of amides is 2. The number of anilines is 2. The highest BCUT2D eigenvalue weighted by Gasteiger charge is 2.44. The van der Waals surface area contributed by atoms with E-state index < -0.39 is 46.5 Å². The van der Waals surface area contributed by atoms with E-state index in [1.54, 1.807) is 30.0 Å². The number of aliphatic carboxylic acids is 1. The SMILES string of the molecule is CCCN(CCC)S(=O)(=O)c1ccc(C(=O)N[C@@H]2CCN(c3nc(NCC(c4ccccc4)c4ccccc4)c4ncn([C@@H]5C[C@H](NC(=O)CC)[C@@H](O)[C@H]5O)c4n3)C2)cc1.O=C(O)C(F)(F)F. The number of benzene rings is 3. The van der Waals surface area contributed by atoms with E-state index in [-0.39, 0.29) is 41.5 Å². The summed E-state index contributed by atoms with van der Waals surface area (Å²) < 4.78 is 61.5. The number of nitrogens with zero attached hydrogens (tertiary/aromatic N) is 6. The van der Waals surface area contributed by atoms with E-state index in [0.29, 0.717) is 80.5 Å². The van der Waals surface area contributed by atoms with E-state index in [1.807, 2.05) is 55.1 Å². The molecule has 2 aromatic heterocycles. The highest BCUT2D eigenvalue weighted by molar-refractivity contribution is 7.89. The lowest BCUT2D eigenvalue weighted by Gasteiger charge is -2.22. The summed E-state index contributed by atoms with van der Waals surface area (Å²) in [6.07, 6.45) is -3.31. The molecule has 3 aromatic carbocycles. The van der Waals surface area contributed by atoms with Crippen LogP contribution in [0.1, 0.15) is 86.3 Å². The van der Waals surface area contributed by atoms with Gasteiger partial charge in [0.05, 0.1) is 23.3 Å². The molecule has 1 aliphatic carbocycles. The Bertz CT molecular complexity index is 2530. The van der Waals surface area contributed by atoms with Crippen LogP contribution in [0.5, 0.6) is 0 Å². The molecule has 3 heterocycles. The maximum Gasteiger partial charge on any atom is 0.490 e. The standard InChI is InChI=1S/C44H55N9O6S.C2HF3O2/c1-4-22-52(23-5-2)60(58,59)33-19-17-31(18-20-33)43(57)47-32-21-24-51(27-32)44-49-41(45-26-34(29-13-9-7-10-14-29)30-15-11-8-12-16-30)38-42(50-44)53(28-46-38)36-25-35(39(55)40(36)56)48-37(54)6-3;3-2(4,5)1(6)7/h7-20,28,32,34-36,39-40,55-56H,4-6,21-27H2,1-3H3,(H,47,57)(H,48,54)(H,45,49,50);(H,6,7)/t32-,35+,36-,39-,40+;/m1./s1. The van der Waals surface area contributed by atoms with Gasteiger partial charge in [-0.05, 0) is 61.1 Å². The summed E-state index contributed by atoms with van der Waals surface area (Å²) in [6.45, 7) is 7.91. The summed E-state index contributed by atoms with van der Waals surface area (Å²) in [5.74, 6) is -2.41. The number of alkyl halides is 3. The van der Waals surface area contributed by atoms with Crippen molar-refractivity contribution in [2.24, 2.45) is 0 Å². The van der Waals surface area contributed by atoms with Gasteiger partial charge >= 0.3 is 12.1 Å². The monoisotopic (exact) mass is 951 g/mol. The molecule has 5 atom stereocenters. The van der Waals surface area contributed by atoms with Crippen LogP contribution < -0.4 is 20.9 Å². The second-order valence-corrected chi connectivity index (χ2v) is 18.3. The minimum atomic E-state index is -5.08. The number of aromatic nitrogens is 4. The predicted octanol–water partition coefficient (Wildman–Crippen LogP) is 5.08. The minimum Gasteiger partial charge on any atom is -0.475 e. The van der Waals surface area contributed by atoms with Gasteiger partial charge < -0.3 is 40.7 Å². The molecule has 0 unspecified atom stereocenters. The molecule has 0 bridgehead atoms. The number of fused-ring (bicyclic) bond motifs is 1. The van der Waals surface area contributed by atoms with Crippen LogP contribution in [0.3, 0.4) is 0 Å². The van der Waals surface area contributed by atoms with Gasteiger partial charge in [-0.15, -0.1) is 0 Å². The third-order valence-electron chi connectivity index (χ3n) is 11.7. The zero-order valence-electron chi connectivity index (χ0n) is 37.3. The molecular weight excluding hydrogens is 896 g/mol. The largest absolute Gasteiger partial charge is 0.490 e. The quantitative estimate of drug-likeness (QED) is 0.0715. The van der Waals surface area contributed by atoms with Gasteiger partial charge in [0, 0.05) is 56.7 Å². The molecule has 5 aromatic rings. The summed E-state index contributed by atoms with van der Waals surface area (Å²) in [5, 5.41) is 38.9. The van der Waals surface area contributed by atoms with E-state index in [9.17, 15) is 41.4 Å². The third-order valence-corrected chi connectivity index (χ3v) is 13.6. The van der Waals surface area contributed by atoms with Crippen molar-refractivity contribution in [3.8, 4) is 0 Å². The molecule has 1 aliphatic heterocycles. The van der Waals surface area contributed by atoms with Crippen LogP contribution in [0.4, 0.5) is 24.9 Å². The summed E-state index contributed by atoms with van der Waals surface area (Å²) in [4.78, 5) is 51.5. The lowest BCUT2D eigenvalue weighted by atomic mass is 9.91. The molecule has 21 heteroatoms. The fourth-order valence-corrected chi connectivity index (χ4v) is 9.88. The van der Waals surface area contributed by atoms with Gasteiger partial charge in [-0.25, -0.2) is 18.2 Å². The van der Waals surface area contributed by atoms with E-state index in [0.717, 1.165) is 11.1 Å². The molecule has 2 amide bonds. The maximum atomic E-state index is 13.5. The Kier molecular flexibility index (Phi) is 16.6. The van der Waals surface area contributed by atoms with Crippen molar-refractivity contribution < 1.29 is 51.3 Å². The van der Waals surface area contributed by atoms with Gasteiger partial charge in [0.15, 0.2) is 17.0 Å². The molecule has 2 aliphatic rings. The second-order valence-electron chi connectivity index (χ2n) is 16.4. The molecule has 0 spiro atoms. The van der Waals surface area contributed by atoms with Crippen molar-refractivity contribution >= 4 is 50.7 Å². The first-order chi connectivity index (χ1) is 32.0. The lowest BCUT2D eigenvalue weighted by Crippen LogP contribution is -2.42. The molecule has 0 radical (unpaired) electrons. The third kappa shape index (κ3) is 12.1. The smallest absolute Gasteiger partial charge is 0.475 e. The number of aliphatic hydroxyl groups is 2. The van der Waals surface area contributed by atoms with Crippen LogP contribution in [-0.4, -0.2) is 129 Å². The Morgan fingerprint density at radius 2 is 1.46 bits per heavy atom. The topological polar surface area (TPSA) is 232 Å². The molecule has 17 nitrogen and oxygen atoms in total. The van der Waals surface area contributed by atoms with Gasteiger partial charge in [0.2, 0.25) is 21.9 Å². The Balaban J connectivity index is 0.000000980. The minimum absolute atomic E-state index is 0.0233. The molecule has 1 saturated heterocycles. The van der Waals surface area contributed by atoms with Gasteiger partial charge in [0.25, 0.3) is 5.91 Å². The first kappa shape index (κ1) is 50.3. The molecule has 6 N–H and O–H groups in total. The van der Waals surface area contributed by atoms with Crippen LogP contribution in [0, 0.1) is 0 Å². The summed E-state index contributed by atoms with van der Waals surface area (Å²) in [6, 6.07) is 25.0. The Morgan fingerprint density at radius 3 is 2.01 bits per heavy atom. The number of carboxylic acids is 1. The number of carbonyl (C=O) groups is 3. The van der Waals surface area contributed by atoms with Gasteiger partial charge in [-0.3, -0.25) is 9.59 Å². The van der Waals surface area contributed by atoms with Crippen molar-refractivity contribution in [2.45, 2.75) is 100 Å². The average molecular weight is 952 g/mol. The number of imidazole rings is 1. The fraction of sp³-hybridized carbons (Fsp3) is 0.435. The van der Waals surface area contributed by atoms with Crippen molar-refractivity contribution in [3.05, 3.63) is 108 Å². The van der Waals surface area contributed by atoms with Crippen LogP contribution in [-0.2, 0) is 19.6 Å². The summed E-state index contributed by atoms with van der Waals surface area (Å²) in [7, 11) is -3.68. The van der Waals surface area contributed by atoms with Crippen molar-refractivity contribution in [2.75, 3.05) is 42.9 Å². The normalized spacial score (nSPS) is 19.6. The van der Waals surface area contributed by atoms with Crippen LogP contribution in [0.25, 0.3) is 11.2 Å².